The molecular formula is C11H17NNaO5P. The Kier molecular flexibility index (Phi) is 8.78. The molecule has 0 fully saturated rings. The van der Waals surface area contributed by atoms with Crippen molar-refractivity contribution in [1.82, 2.24) is 5.06 Å². The molecule has 0 aliphatic heterocycles. The van der Waals surface area contributed by atoms with Gasteiger partial charge < -0.3 is 9.79 Å². The van der Waals surface area contributed by atoms with E-state index in [0.29, 0.717) is 5.06 Å². The second-order valence-electron chi connectivity index (χ2n) is 3.92. The van der Waals surface area contributed by atoms with Crippen molar-refractivity contribution in [2.75, 3.05) is 12.7 Å². The fraction of sp³-hybridized carbons (Fsp3) is 0.364. The van der Waals surface area contributed by atoms with Gasteiger partial charge in [-0.05, 0) is 12.0 Å². The van der Waals surface area contributed by atoms with E-state index in [0.717, 1.165) is 5.56 Å². The van der Waals surface area contributed by atoms with Gasteiger partial charge in [-0.1, -0.05) is 30.3 Å². The van der Waals surface area contributed by atoms with E-state index in [1.165, 1.54) is 0 Å². The normalized spacial score (nSPS) is 10.7. The molecule has 0 spiro atoms. The van der Waals surface area contributed by atoms with E-state index >= 15 is 0 Å². The Morgan fingerprint density at radius 1 is 1.21 bits per heavy atom. The first-order valence-corrected chi connectivity index (χ1v) is 7.26. The third-order valence-corrected chi connectivity index (χ3v) is 3.20. The van der Waals surface area contributed by atoms with Crippen LogP contribution in [0.3, 0.4) is 0 Å². The number of benzene rings is 1. The van der Waals surface area contributed by atoms with Gasteiger partial charge >= 0.3 is 37.2 Å². The first kappa shape index (κ1) is 18.8. The molecule has 0 aliphatic carbocycles. The van der Waals surface area contributed by atoms with Gasteiger partial charge in [0.1, 0.15) is 0 Å². The van der Waals surface area contributed by atoms with Crippen LogP contribution in [0.15, 0.2) is 30.3 Å². The van der Waals surface area contributed by atoms with Gasteiger partial charge in [0.15, 0.2) is 0 Å². The van der Waals surface area contributed by atoms with E-state index < -0.39 is 13.5 Å². The number of hydroxylamine groups is 2. The zero-order valence-corrected chi connectivity index (χ0v) is 10.7. The van der Waals surface area contributed by atoms with Crippen LogP contribution >= 0.6 is 7.60 Å². The fourth-order valence-corrected chi connectivity index (χ4v) is 1.97. The van der Waals surface area contributed by atoms with E-state index in [-0.39, 0.29) is 55.1 Å². The molecule has 1 aromatic carbocycles. The third-order valence-electron chi connectivity index (χ3n) is 2.31. The summed E-state index contributed by atoms with van der Waals surface area (Å²) in [5, 5.41) is 9.91. The van der Waals surface area contributed by atoms with Gasteiger partial charge in [-0.2, -0.15) is 0 Å². The van der Waals surface area contributed by atoms with Crippen LogP contribution in [-0.4, -0.2) is 68.2 Å². The Morgan fingerprint density at radius 3 is 2.32 bits per heavy atom. The molecule has 0 heterocycles. The molecule has 0 saturated heterocycles. The first-order valence-electron chi connectivity index (χ1n) is 5.46. The first-order chi connectivity index (χ1) is 8.38. The van der Waals surface area contributed by atoms with Crippen molar-refractivity contribution in [3.8, 4) is 0 Å². The number of amides is 1. The molecule has 0 unspecified atom stereocenters. The maximum atomic E-state index is 11.5. The van der Waals surface area contributed by atoms with Crippen LogP contribution < -0.4 is 0 Å². The Balaban J connectivity index is 0.00000324. The van der Waals surface area contributed by atoms with Crippen LogP contribution in [0.5, 0.6) is 0 Å². The Morgan fingerprint density at radius 2 is 1.79 bits per heavy atom. The Bertz CT molecular complexity index is 436. The molecule has 1 rings (SSSR count). The van der Waals surface area contributed by atoms with Crippen molar-refractivity contribution in [2.45, 2.75) is 12.8 Å². The minimum absolute atomic E-state index is 0. The fourth-order valence-electron chi connectivity index (χ4n) is 1.41. The van der Waals surface area contributed by atoms with Crippen LogP contribution in [0.1, 0.15) is 12.0 Å². The standard InChI is InChI=1S/C11H16NO5P.Na.H/c13-11(9-10-5-2-1-3-6-10)12(14)7-4-8-18(15,16)17;;/h1-3,5-6,14H,4,7-9H2,(H2,15,16,17);;. The SMILES string of the molecule is O=C(Cc1ccccc1)N(O)CCCP(=O)(O)O.[NaH]. The monoisotopic (exact) mass is 297 g/mol. The summed E-state index contributed by atoms with van der Waals surface area (Å²) >= 11 is 0. The van der Waals surface area contributed by atoms with Crippen LogP contribution in [0.25, 0.3) is 0 Å². The summed E-state index contributed by atoms with van der Waals surface area (Å²) in [5.74, 6) is -0.494. The maximum absolute atomic E-state index is 11.5. The van der Waals surface area contributed by atoms with Crippen molar-refractivity contribution in [1.29, 1.82) is 0 Å². The topological polar surface area (TPSA) is 98.1 Å². The second kappa shape index (κ2) is 8.87. The van der Waals surface area contributed by atoms with Gasteiger partial charge in [0, 0.05) is 6.54 Å². The van der Waals surface area contributed by atoms with Gasteiger partial charge in [0.2, 0.25) is 5.91 Å². The number of hydrogen-bond acceptors (Lipinski definition) is 3. The zero-order chi connectivity index (χ0) is 13.6. The minimum atomic E-state index is -4.07. The van der Waals surface area contributed by atoms with E-state index in [9.17, 15) is 14.6 Å². The molecule has 102 valence electrons. The summed E-state index contributed by atoms with van der Waals surface area (Å²) < 4.78 is 10.6. The molecule has 0 bridgehead atoms. The van der Waals surface area contributed by atoms with Gasteiger partial charge in [-0.3, -0.25) is 14.6 Å². The third kappa shape index (κ3) is 8.55. The van der Waals surface area contributed by atoms with Crippen LogP contribution in [0.4, 0.5) is 0 Å². The van der Waals surface area contributed by atoms with Crippen molar-refractivity contribution in [3.63, 3.8) is 0 Å². The zero-order valence-electron chi connectivity index (χ0n) is 9.77. The van der Waals surface area contributed by atoms with Gasteiger partial charge in [0.05, 0.1) is 12.6 Å². The quantitative estimate of drug-likeness (QED) is 0.305. The summed E-state index contributed by atoms with van der Waals surface area (Å²) in [4.78, 5) is 28.8. The molecule has 1 aromatic rings. The molecule has 19 heavy (non-hydrogen) atoms. The second-order valence-corrected chi connectivity index (χ2v) is 5.70. The summed E-state index contributed by atoms with van der Waals surface area (Å²) in [6.07, 6.45) is -0.225. The predicted molar refractivity (Wildman–Crippen MR) is 72.3 cm³/mol. The van der Waals surface area contributed by atoms with Gasteiger partial charge in [0.25, 0.3) is 0 Å². The summed E-state index contributed by atoms with van der Waals surface area (Å²) in [7, 11) is -4.07. The molecule has 0 atom stereocenters. The number of nitrogens with zero attached hydrogens (tertiary/aromatic N) is 1. The molecule has 0 aliphatic rings. The number of carbonyl (C=O) groups is 1. The van der Waals surface area contributed by atoms with Crippen LogP contribution in [-0.2, 0) is 15.8 Å². The van der Waals surface area contributed by atoms with Gasteiger partial charge in [-0.25, -0.2) is 5.06 Å². The number of rotatable bonds is 6. The molecule has 3 N–H and O–H groups in total. The van der Waals surface area contributed by atoms with E-state index in [1.54, 1.807) is 24.3 Å². The molecule has 0 saturated carbocycles. The van der Waals surface area contributed by atoms with Crippen LogP contribution in [0, 0.1) is 0 Å². The number of carbonyl (C=O) groups excluding carboxylic acids is 1. The van der Waals surface area contributed by atoms with E-state index in [4.69, 9.17) is 9.79 Å². The van der Waals surface area contributed by atoms with E-state index in [1.807, 2.05) is 6.07 Å². The van der Waals surface area contributed by atoms with Crippen LogP contribution in [0.2, 0.25) is 0 Å². The van der Waals surface area contributed by atoms with Gasteiger partial charge in [-0.15, -0.1) is 0 Å². The predicted octanol–water partition coefficient (Wildman–Crippen LogP) is 0.366. The average molecular weight is 297 g/mol. The molecule has 0 aromatic heterocycles. The van der Waals surface area contributed by atoms with Crippen molar-refractivity contribution < 1.29 is 24.4 Å². The molecule has 1 amide bonds. The van der Waals surface area contributed by atoms with Crippen molar-refractivity contribution >= 4 is 43.1 Å². The molecule has 6 nitrogen and oxygen atoms in total. The average Bonchev–Trinajstić information content (AvgIpc) is 2.28. The van der Waals surface area contributed by atoms with Crippen molar-refractivity contribution in [3.05, 3.63) is 35.9 Å². The van der Waals surface area contributed by atoms with E-state index in [2.05, 4.69) is 0 Å². The molecule has 0 radical (unpaired) electrons. The molecular weight excluding hydrogens is 280 g/mol. The Hall–Kier alpha value is -0.200. The van der Waals surface area contributed by atoms with Crippen molar-refractivity contribution in [2.24, 2.45) is 0 Å². The summed E-state index contributed by atoms with van der Waals surface area (Å²) in [5.41, 5.74) is 0.775. The molecule has 8 heteroatoms. The summed E-state index contributed by atoms with van der Waals surface area (Å²) in [6.45, 7) is -0.0865. The summed E-state index contributed by atoms with van der Waals surface area (Å²) in [6, 6.07) is 8.93. The number of hydrogen-bond donors (Lipinski definition) is 3. The Labute approximate surface area is 133 Å².